The summed E-state index contributed by atoms with van der Waals surface area (Å²) >= 11 is 0. The number of piperidine rings is 1. The van der Waals surface area contributed by atoms with Gasteiger partial charge < -0.3 is 10.2 Å². The van der Waals surface area contributed by atoms with E-state index in [1.165, 1.54) is 38.5 Å². The molecule has 1 amide bonds. The average molecular weight is 266 g/mol. The molecule has 1 aliphatic carbocycles. The van der Waals surface area contributed by atoms with E-state index in [1.807, 2.05) is 0 Å². The predicted molar refractivity (Wildman–Crippen MR) is 79.0 cm³/mol. The number of carbonyl (C=O) groups is 1. The van der Waals surface area contributed by atoms with E-state index in [1.54, 1.807) is 0 Å². The highest BCUT2D eigenvalue weighted by molar-refractivity contribution is 5.76. The number of nitrogens with one attached hydrogen (secondary N) is 1. The molecule has 0 aromatic rings. The second-order valence-electron chi connectivity index (χ2n) is 6.78. The van der Waals surface area contributed by atoms with Gasteiger partial charge in [-0.1, -0.05) is 26.7 Å². The van der Waals surface area contributed by atoms with Crippen LogP contribution in [-0.4, -0.2) is 36.5 Å². The van der Waals surface area contributed by atoms with Crippen LogP contribution in [0.1, 0.15) is 58.8 Å². The third-order valence-corrected chi connectivity index (χ3v) is 4.57. The topological polar surface area (TPSA) is 32.3 Å². The summed E-state index contributed by atoms with van der Waals surface area (Å²) in [6.07, 6.45) is 8.19. The van der Waals surface area contributed by atoms with Crippen molar-refractivity contribution in [2.45, 2.75) is 64.8 Å². The standard InChI is InChI=1S/C16H30N2O/c1-13(2)12-18(15-5-3-4-6-15)16(19)11-14-7-9-17-10-8-14/h13-15,17H,3-12H2,1-2H3. The van der Waals surface area contributed by atoms with E-state index in [2.05, 4.69) is 24.1 Å². The third kappa shape index (κ3) is 4.48. The number of carbonyl (C=O) groups excluding carboxylic acids is 1. The van der Waals surface area contributed by atoms with Crippen LogP contribution in [0.5, 0.6) is 0 Å². The fourth-order valence-corrected chi connectivity index (χ4v) is 3.51. The van der Waals surface area contributed by atoms with Gasteiger partial charge in [-0.15, -0.1) is 0 Å². The highest BCUT2D eigenvalue weighted by Gasteiger charge is 2.28. The molecule has 0 aromatic heterocycles. The van der Waals surface area contributed by atoms with Gasteiger partial charge in [-0.2, -0.15) is 0 Å². The first-order valence-electron chi connectivity index (χ1n) is 8.17. The highest BCUT2D eigenvalue weighted by Crippen LogP contribution is 2.26. The smallest absolute Gasteiger partial charge is 0.223 e. The van der Waals surface area contributed by atoms with Crippen LogP contribution in [-0.2, 0) is 4.79 Å². The second-order valence-corrected chi connectivity index (χ2v) is 6.78. The largest absolute Gasteiger partial charge is 0.339 e. The van der Waals surface area contributed by atoms with Crippen molar-refractivity contribution in [3.8, 4) is 0 Å². The Morgan fingerprint density at radius 3 is 2.37 bits per heavy atom. The zero-order valence-electron chi connectivity index (χ0n) is 12.7. The highest BCUT2D eigenvalue weighted by atomic mass is 16.2. The van der Waals surface area contributed by atoms with E-state index < -0.39 is 0 Å². The molecule has 2 rings (SSSR count). The number of rotatable bonds is 5. The maximum atomic E-state index is 12.6. The monoisotopic (exact) mass is 266 g/mol. The van der Waals surface area contributed by atoms with Gasteiger partial charge in [0.05, 0.1) is 0 Å². The van der Waals surface area contributed by atoms with Gasteiger partial charge in [0.2, 0.25) is 5.91 Å². The summed E-state index contributed by atoms with van der Waals surface area (Å²) in [6.45, 7) is 7.57. The Hall–Kier alpha value is -0.570. The molecule has 110 valence electrons. The minimum absolute atomic E-state index is 0.424. The molecule has 0 unspecified atom stereocenters. The Balaban J connectivity index is 1.89. The van der Waals surface area contributed by atoms with Crippen molar-refractivity contribution in [3.63, 3.8) is 0 Å². The van der Waals surface area contributed by atoms with Gasteiger partial charge >= 0.3 is 0 Å². The molecule has 0 radical (unpaired) electrons. The zero-order chi connectivity index (χ0) is 13.7. The minimum Gasteiger partial charge on any atom is -0.339 e. The van der Waals surface area contributed by atoms with E-state index in [-0.39, 0.29) is 0 Å². The molecule has 3 heteroatoms. The Bertz CT molecular complexity index is 278. The summed E-state index contributed by atoms with van der Waals surface area (Å²) in [6, 6.07) is 0.539. The SMILES string of the molecule is CC(C)CN(C(=O)CC1CCNCC1)C1CCCC1. The van der Waals surface area contributed by atoms with Crippen LogP contribution in [0.2, 0.25) is 0 Å². The van der Waals surface area contributed by atoms with Crippen LogP contribution >= 0.6 is 0 Å². The number of amides is 1. The molecule has 1 aliphatic heterocycles. The quantitative estimate of drug-likeness (QED) is 0.830. The van der Waals surface area contributed by atoms with Crippen LogP contribution in [0.4, 0.5) is 0 Å². The van der Waals surface area contributed by atoms with Gasteiger partial charge in [-0.05, 0) is 50.6 Å². The molecule has 2 fully saturated rings. The molecular weight excluding hydrogens is 236 g/mol. The van der Waals surface area contributed by atoms with E-state index in [0.717, 1.165) is 26.1 Å². The van der Waals surface area contributed by atoms with Gasteiger partial charge in [-0.25, -0.2) is 0 Å². The summed E-state index contributed by atoms with van der Waals surface area (Å²) in [5, 5.41) is 3.38. The average Bonchev–Trinajstić information content (AvgIpc) is 2.90. The van der Waals surface area contributed by atoms with Crippen molar-refractivity contribution in [1.82, 2.24) is 10.2 Å². The zero-order valence-corrected chi connectivity index (χ0v) is 12.7. The molecule has 0 atom stereocenters. The summed E-state index contributed by atoms with van der Waals surface area (Å²) in [5.74, 6) is 1.62. The summed E-state index contributed by atoms with van der Waals surface area (Å²) in [5.41, 5.74) is 0. The Morgan fingerprint density at radius 1 is 1.16 bits per heavy atom. The fourth-order valence-electron chi connectivity index (χ4n) is 3.51. The van der Waals surface area contributed by atoms with Gasteiger partial charge in [0, 0.05) is 19.0 Å². The molecule has 1 saturated carbocycles. The molecule has 19 heavy (non-hydrogen) atoms. The molecule has 0 bridgehead atoms. The molecular formula is C16H30N2O. The molecule has 1 N–H and O–H groups in total. The lowest BCUT2D eigenvalue weighted by Gasteiger charge is -2.33. The predicted octanol–water partition coefficient (Wildman–Crippen LogP) is 2.80. The van der Waals surface area contributed by atoms with E-state index in [9.17, 15) is 4.79 Å². The normalized spacial score (nSPS) is 22.1. The lowest BCUT2D eigenvalue weighted by molar-refractivity contribution is -0.135. The third-order valence-electron chi connectivity index (χ3n) is 4.57. The Labute approximate surface area is 118 Å². The van der Waals surface area contributed by atoms with Crippen LogP contribution in [0, 0.1) is 11.8 Å². The van der Waals surface area contributed by atoms with Crippen molar-refractivity contribution in [2.24, 2.45) is 11.8 Å². The second kappa shape index (κ2) is 7.28. The molecule has 2 aliphatic rings. The number of nitrogens with zero attached hydrogens (tertiary/aromatic N) is 1. The lowest BCUT2D eigenvalue weighted by Crippen LogP contribution is -2.42. The first kappa shape index (κ1) is 14.8. The number of hydrogen-bond donors (Lipinski definition) is 1. The molecule has 1 saturated heterocycles. The van der Waals surface area contributed by atoms with Crippen molar-refractivity contribution in [2.75, 3.05) is 19.6 Å². The van der Waals surface area contributed by atoms with Crippen LogP contribution in [0.3, 0.4) is 0 Å². The molecule has 0 aromatic carbocycles. The summed E-state index contributed by atoms with van der Waals surface area (Å²) in [4.78, 5) is 14.9. The van der Waals surface area contributed by atoms with Gasteiger partial charge in [-0.3, -0.25) is 4.79 Å². The van der Waals surface area contributed by atoms with Gasteiger partial charge in [0.1, 0.15) is 0 Å². The van der Waals surface area contributed by atoms with E-state index >= 15 is 0 Å². The van der Waals surface area contributed by atoms with Crippen LogP contribution < -0.4 is 5.32 Å². The molecule has 3 nitrogen and oxygen atoms in total. The lowest BCUT2D eigenvalue weighted by atomic mass is 9.93. The van der Waals surface area contributed by atoms with Crippen molar-refractivity contribution in [3.05, 3.63) is 0 Å². The fraction of sp³-hybridized carbons (Fsp3) is 0.938. The first-order chi connectivity index (χ1) is 9.16. The molecule has 0 spiro atoms. The van der Waals surface area contributed by atoms with Crippen LogP contribution in [0.15, 0.2) is 0 Å². The molecule has 1 heterocycles. The first-order valence-corrected chi connectivity index (χ1v) is 8.17. The number of hydrogen-bond acceptors (Lipinski definition) is 2. The maximum Gasteiger partial charge on any atom is 0.223 e. The minimum atomic E-state index is 0.424. The van der Waals surface area contributed by atoms with Gasteiger partial charge in [0.15, 0.2) is 0 Å². The van der Waals surface area contributed by atoms with Crippen LogP contribution in [0.25, 0.3) is 0 Å². The van der Waals surface area contributed by atoms with E-state index in [4.69, 9.17) is 0 Å². The Morgan fingerprint density at radius 2 is 1.79 bits per heavy atom. The van der Waals surface area contributed by atoms with Crippen molar-refractivity contribution >= 4 is 5.91 Å². The summed E-state index contributed by atoms with van der Waals surface area (Å²) in [7, 11) is 0. The Kier molecular flexibility index (Phi) is 5.68. The van der Waals surface area contributed by atoms with E-state index in [0.29, 0.717) is 23.8 Å². The van der Waals surface area contributed by atoms with Crippen molar-refractivity contribution < 1.29 is 4.79 Å². The maximum absolute atomic E-state index is 12.6. The van der Waals surface area contributed by atoms with Gasteiger partial charge in [0.25, 0.3) is 0 Å². The van der Waals surface area contributed by atoms with Crippen molar-refractivity contribution in [1.29, 1.82) is 0 Å². The summed E-state index contributed by atoms with van der Waals surface area (Å²) < 4.78 is 0.